The Kier molecular flexibility index (Phi) is 7.86. The Bertz CT molecular complexity index is 1260. The standard InChI is InChI=1S/C28H31N3O4S/c1-5-30(6-2)21-14-12-19(13-15-21)23-22(25(33)28(34)31(23)16-17-35-4)24(32)26-18(3)29-27(36-26)20-10-8-7-9-11-20/h7-15,23,33H,5-6,16-17H2,1-4H3. The van der Waals surface area contributed by atoms with E-state index < -0.39 is 17.7 Å². The van der Waals surface area contributed by atoms with E-state index >= 15 is 0 Å². The van der Waals surface area contributed by atoms with Crippen molar-refractivity contribution in [1.82, 2.24) is 9.88 Å². The summed E-state index contributed by atoms with van der Waals surface area (Å²) >= 11 is 1.27. The lowest BCUT2D eigenvalue weighted by atomic mass is 9.94. The molecule has 1 unspecified atom stereocenters. The third-order valence-electron chi connectivity index (χ3n) is 6.45. The number of ketones is 1. The van der Waals surface area contributed by atoms with E-state index in [0.29, 0.717) is 10.6 Å². The minimum Gasteiger partial charge on any atom is -0.503 e. The highest BCUT2D eigenvalue weighted by Gasteiger charge is 2.44. The molecule has 3 aromatic rings. The number of benzene rings is 2. The topological polar surface area (TPSA) is 83.0 Å². The summed E-state index contributed by atoms with van der Waals surface area (Å²) in [6.45, 7) is 8.24. The molecule has 1 amide bonds. The molecule has 1 aliphatic rings. The normalized spacial score (nSPS) is 15.6. The molecular weight excluding hydrogens is 474 g/mol. The molecule has 8 heteroatoms. The van der Waals surface area contributed by atoms with Crippen LogP contribution in [-0.4, -0.2) is 60.0 Å². The fourth-order valence-electron chi connectivity index (χ4n) is 4.54. The van der Waals surface area contributed by atoms with Crippen molar-refractivity contribution < 1.29 is 19.4 Å². The van der Waals surface area contributed by atoms with E-state index in [1.807, 2.05) is 54.6 Å². The molecule has 1 N–H and O–H groups in total. The van der Waals surface area contributed by atoms with Crippen LogP contribution >= 0.6 is 11.3 Å². The molecule has 1 atom stereocenters. The number of carbonyl (C=O) groups excluding carboxylic acids is 2. The first-order chi connectivity index (χ1) is 17.4. The van der Waals surface area contributed by atoms with Gasteiger partial charge in [-0.15, -0.1) is 11.3 Å². The van der Waals surface area contributed by atoms with Crippen LogP contribution in [0.5, 0.6) is 0 Å². The molecule has 2 heterocycles. The smallest absolute Gasteiger partial charge is 0.290 e. The van der Waals surface area contributed by atoms with Gasteiger partial charge in [0.25, 0.3) is 5.91 Å². The van der Waals surface area contributed by atoms with Gasteiger partial charge in [0.1, 0.15) is 5.01 Å². The zero-order valence-corrected chi connectivity index (χ0v) is 21.8. The monoisotopic (exact) mass is 505 g/mol. The third kappa shape index (κ3) is 4.79. The van der Waals surface area contributed by atoms with Gasteiger partial charge in [-0.2, -0.15) is 0 Å². The molecule has 188 valence electrons. The summed E-state index contributed by atoms with van der Waals surface area (Å²) in [6, 6.07) is 16.8. The molecule has 7 nitrogen and oxygen atoms in total. The summed E-state index contributed by atoms with van der Waals surface area (Å²) < 4.78 is 5.21. The van der Waals surface area contributed by atoms with E-state index in [-0.39, 0.29) is 24.5 Å². The SMILES string of the molecule is CCN(CC)c1ccc(C2C(C(=O)c3sc(-c4ccccc4)nc3C)=C(O)C(=O)N2CCOC)cc1. The van der Waals surface area contributed by atoms with Gasteiger partial charge in [0.05, 0.1) is 28.8 Å². The highest BCUT2D eigenvalue weighted by Crippen LogP contribution is 2.41. The second-order valence-electron chi connectivity index (χ2n) is 8.55. The molecule has 0 fully saturated rings. The number of nitrogens with zero attached hydrogens (tertiary/aromatic N) is 3. The quantitative estimate of drug-likeness (QED) is 0.382. The predicted octanol–water partition coefficient (Wildman–Crippen LogP) is 5.19. The highest BCUT2D eigenvalue weighted by atomic mass is 32.1. The molecule has 36 heavy (non-hydrogen) atoms. The van der Waals surface area contributed by atoms with Crippen LogP contribution in [0.25, 0.3) is 10.6 Å². The number of ether oxygens (including phenoxy) is 1. The first-order valence-electron chi connectivity index (χ1n) is 12.1. The van der Waals surface area contributed by atoms with Crippen molar-refractivity contribution in [2.75, 3.05) is 38.3 Å². The minimum atomic E-state index is -0.715. The Hall–Kier alpha value is -3.49. The number of aromatic nitrogens is 1. The van der Waals surface area contributed by atoms with Crippen LogP contribution in [0.15, 0.2) is 65.9 Å². The predicted molar refractivity (Wildman–Crippen MR) is 143 cm³/mol. The zero-order chi connectivity index (χ0) is 25.8. The van der Waals surface area contributed by atoms with Crippen molar-refractivity contribution in [1.29, 1.82) is 0 Å². The fraction of sp³-hybridized carbons (Fsp3) is 0.321. The molecule has 1 aromatic heterocycles. The molecule has 1 aliphatic heterocycles. The van der Waals surface area contributed by atoms with Crippen LogP contribution < -0.4 is 4.90 Å². The Labute approximate surface area is 215 Å². The maximum absolute atomic E-state index is 13.9. The zero-order valence-electron chi connectivity index (χ0n) is 21.0. The Morgan fingerprint density at radius 1 is 1.11 bits per heavy atom. The average Bonchev–Trinajstić information content (AvgIpc) is 3.41. The van der Waals surface area contributed by atoms with Gasteiger partial charge in [0, 0.05) is 38.0 Å². The maximum atomic E-state index is 13.9. The van der Waals surface area contributed by atoms with Crippen LogP contribution in [0, 0.1) is 6.92 Å². The first-order valence-corrected chi connectivity index (χ1v) is 12.9. The summed E-state index contributed by atoms with van der Waals surface area (Å²) in [6.07, 6.45) is 0. The van der Waals surface area contributed by atoms with E-state index in [4.69, 9.17) is 4.74 Å². The van der Waals surface area contributed by atoms with Gasteiger partial charge in [0.15, 0.2) is 5.76 Å². The second-order valence-corrected chi connectivity index (χ2v) is 9.55. The van der Waals surface area contributed by atoms with Gasteiger partial charge in [-0.05, 0) is 38.5 Å². The third-order valence-corrected chi connectivity index (χ3v) is 7.65. The minimum absolute atomic E-state index is 0.0815. The lowest BCUT2D eigenvalue weighted by molar-refractivity contribution is -0.130. The van der Waals surface area contributed by atoms with Gasteiger partial charge in [0.2, 0.25) is 5.78 Å². The lowest BCUT2D eigenvalue weighted by Gasteiger charge is -2.27. The number of anilines is 1. The van der Waals surface area contributed by atoms with E-state index in [1.54, 1.807) is 14.0 Å². The molecule has 0 aliphatic carbocycles. The van der Waals surface area contributed by atoms with Crippen molar-refractivity contribution in [3.05, 3.63) is 82.1 Å². The second kappa shape index (κ2) is 11.1. The summed E-state index contributed by atoms with van der Waals surface area (Å²) in [5, 5.41) is 11.6. The van der Waals surface area contributed by atoms with Gasteiger partial charge < -0.3 is 19.6 Å². The average molecular weight is 506 g/mol. The Morgan fingerprint density at radius 3 is 2.39 bits per heavy atom. The van der Waals surface area contributed by atoms with E-state index in [0.717, 1.165) is 34.9 Å². The van der Waals surface area contributed by atoms with Crippen LogP contribution in [0.3, 0.4) is 0 Å². The van der Waals surface area contributed by atoms with E-state index in [1.165, 1.54) is 16.2 Å². The van der Waals surface area contributed by atoms with Gasteiger partial charge in [-0.3, -0.25) is 9.59 Å². The van der Waals surface area contributed by atoms with Crippen molar-refractivity contribution >= 4 is 28.7 Å². The largest absolute Gasteiger partial charge is 0.503 e. The molecule has 0 saturated heterocycles. The molecule has 0 radical (unpaired) electrons. The lowest BCUT2D eigenvalue weighted by Crippen LogP contribution is -2.34. The van der Waals surface area contributed by atoms with Gasteiger partial charge in [-0.1, -0.05) is 42.5 Å². The van der Waals surface area contributed by atoms with Crippen molar-refractivity contribution in [3.63, 3.8) is 0 Å². The molecule has 2 aromatic carbocycles. The Balaban J connectivity index is 1.75. The van der Waals surface area contributed by atoms with E-state index in [9.17, 15) is 14.7 Å². The van der Waals surface area contributed by atoms with E-state index in [2.05, 4.69) is 23.7 Å². The Morgan fingerprint density at radius 2 is 1.78 bits per heavy atom. The summed E-state index contributed by atoms with van der Waals surface area (Å²) in [5.41, 5.74) is 3.38. The molecular formula is C28H31N3O4S. The first kappa shape index (κ1) is 25.6. The van der Waals surface area contributed by atoms with Crippen LogP contribution in [-0.2, 0) is 9.53 Å². The highest BCUT2D eigenvalue weighted by molar-refractivity contribution is 7.17. The summed E-state index contributed by atoms with van der Waals surface area (Å²) in [4.78, 5) is 35.7. The number of aliphatic hydroxyl groups is 1. The number of rotatable bonds is 10. The number of thiazole rings is 1. The van der Waals surface area contributed by atoms with Gasteiger partial charge in [-0.25, -0.2) is 4.98 Å². The number of aliphatic hydroxyl groups excluding tert-OH is 1. The van der Waals surface area contributed by atoms with Crippen molar-refractivity contribution in [2.24, 2.45) is 0 Å². The number of aryl methyl sites for hydroxylation is 1. The molecule has 0 spiro atoms. The fourth-order valence-corrected chi connectivity index (χ4v) is 5.57. The summed E-state index contributed by atoms with van der Waals surface area (Å²) in [7, 11) is 1.56. The summed E-state index contributed by atoms with van der Waals surface area (Å²) in [5.74, 6) is -1.46. The number of hydrogen-bond donors (Lipinski definition) is 1. The van der Waals surface area contributed by atoms with Gasteiger partial charge >= 0.3 is 0 Å². The number of hydrogen-bond acceptors (Lipinski definition) is 7. The van der Waals surface area contributed by atoms with Crippen molar-refractivity contribution in [2.45, 2.75) is 26.8 Å². The molecule has 0 bridgehead atoms. The van der Waals surface area contributed by atoms with Crippen LogP contribution in [0.2, 0.25) is 0 Å². The van der Waals surface area contributed by atoms with Crippen LogP contribution in [0.4, 0.5) is 5.69 Å². The number of Topliss-reactive ketones (excluding diaryl/α,β-unsaturated/α-hetero) is 1. The van der Waals surface area contributed by atoms with Crippen molar-refractivity contribution in [3.8, 4) is 10.6 Å². The number of methoxy groups -OCH3 is 1. The molecule has 4 rings (SSSR count). The number of amides is 1. The number of carbonyl (C=O) groups is 2. The van der Waals surface area contributed by atoms with Crippen LogP contribution in [0.1, 0.15) is 40.8 Å². The molecule has 0 saturated carbocycles. The maximum Gasteiger partial charge on any atom is 0.290 e.